The average Bonchev–Trinajstić information content (AvgIpc) is 2.77. The first-order chi connectivity index (χ1) is 10.0. The monoisotopic (exact) mass is 293 g/mol. The minimum atomic E-state index is -1.19. The van der Waals surface area contributed by atoms with Gasteiger partial charge in [-0.3, -0.25) is 9.59 Å². The van der Waals surface area contributed by atoms with Crippen molar-refractivity contribution in [2.75, 3.05) is 6.61 Å². The normalized spacial score (nSPS) is 28.1. The third-order valence-corrected chi connectivity index (χ3v) is 3.61. The summed E-state index contributed by atoms with van der Waals surface area (Å²) >= 11 is 0. The Morgan fingerprint density at radius 1 is 1.29 bits per heavy atom. The van der Waals surface area contributed by atoms with E-state index in [1.807, 2.05) is 0 Å². The first kappa shape index (κ1) is 15.5. The molecule has 0 bridgehead atoms. The number of amides is 1. The smallest absolute Gasteiger partial charge is 0.311 e. The van der Waals surface area contributed by atoms with E-state index in [0.717, 1.165) is 0 Å². The summed E-state index contributed by atoms with van der Waals surface area (Å²) in [6, 6.07) is 7.63. The number of rotatable bonds is 4. The molecule has 114 valence electrons. The zero-order chi connectivity index (χ0) is 15.4. The van der Waals surface area contributed by atoms with Crippen LogP contribution in [-0.4, -0.2) is 46.9 Å². The van der Waals surface area contributed by atoms with Crippen molar-refractivity contribution in [1.82, 2.24) is 5.32 Å². The molecule has 4 atom stereocenters. The highest BCUT2D eigenvalue weighted by molar-refractivity contribution is 5.94. The Hall–Kier alpha value is -1.92. The molecule has 1 aliphatic rings. The number of benzene rings is 1. The second-order valence-electron chi connectivity index (χ2n) is 5.02. The van der Waals surface area contributed by atoms with Crippen LogP contribution >= 0.6 is 0 Å². The van der Waals surface area contributed by atoms with Gasteiger partial charge in [0.25, 0.3) is 5.91 Å². The van der Waals surface area contributed by atoms with Gasteiger partial charge in [-0.1, -0.05) is 18.2 Å². The summed E-state index contributed by atoms with van der Waals surface area (Å²) in [5.74, 6) is -1.67. The minimum absolute atomic E-state index is 0.0692. The fourth-order valence-electron chi connectivity index (χ4n) is 2.53. The van der Waals surface area contributed by atoms with Gasteiger partial charge < -0.3 is 20.3 Å². The molecular formula is C15H19NO5. The van der Waals surface area contributed by atoms with Crippen LogP contribution in [0.2, 0.25) is 0 Å². The van der Waals surface area contributed by atoms with Crippen molar-refractivity contribution >= 4 is 11.9 Å². The number of carbonyl (C=O) groups excluding carboxylic acids is 2. The molecule has 0 unspecified atom stereocenters. The van der Waals surface area contributed by atoms with E-state index in [2.05, 4.69) is 5.32 Å². The standard InChI is InChI=1S/C15H19NO5/c1-2-21-15(20)10-8-11(17)13(18)12(10)16-14(19)9-6-4-3-5-7-9/h3-7,10-13,17-18H,2,8H2,1H3,(H,16,19)/t10-,11+,12+,13+/m0/s1. The molecule has 0 aromatic heterocycles. The molecule has 21 heavy (non-hydrogen) atoms. The molecule has 1 amide bonds. The minimum Gasteiger partial charge on any atom is -0.466 e. The number of nitrogens with one attached hydrogen (secondary N) is 1. The first-order valence-corrected chi connectivity index (χ1v) is 6.93. The molecule has 1 aliphatic carbocycles. The van der Waals surface area contributed by atoms with Gasteiger partial charge in [0.2, 0.25) is 0 Å². The van der Waals surface area contributed by atoms with E-state index in [9.17, 15) is 19.8 Å². The summed E-state index contributed by atoms with van der Waals surface area (Å²) in [7, 11) is 0. The molecule has 0 saturated heterocycles. The summed E-state index contributed by atoms with van der Waals surface area (Å²) < 4.78 is 4.93. The number of aliphatic hydroxyl groups is 2. The zero-order valence-electron chi connectivity index (χ0n) is 11.7. The van der Waals surface area contributed by atoms with Crippen molar-refractivity contribution < 1.29 is 24.5 Å². The molecule has 1 aromatic rings. The summed E-state index contributed by atoms with van der Waals surface area (Å²) in [5.41, 5.74) is 0.425. The lowest BCUT2D eigenvalue weighted by molar-refractivity contribution is -0.148. The fraction of sp³-hybridized carbons (Fsp3) is 0.467. The Morgan fingerprint density at radius 2 is 1.95 bits per heavy atom. The second-order valence-corrected chi connectivity index (χ2v) is 5.02. The maximum absolute atomic E-state index is 12.1. The summed E-state index contributed by atoms with van der Waals surface area (Å²) in [5, 5.41) is 22.3. The number of carbonyl (C=O) groups is 2. The lowest BCUT2D eigenvalue weighted by Crippen LogP contribution is -2.47. The van der Waals surface area contributed by atoms with Crippen molar-refractivity contribution in [2.45, 2.75) is 31.6 Å². The van der Waals surface area contributed by atoms with E-state index in [1.165, 1.54) is 0 Å². The summed E-state index contributed by atoms with van der Waals surface area (Å²) in [4.78, 5) is 24.0. The molecule has 1 fully saturated rings. The summed E-state index contributed by atoms with van der Waals surface area (Å²) in [6.07, 6.45) is -2.17. The molecule has 1 saturated carbocycles. The van der Waals surface area contributed by atoms with Gasteiger partial charge in [0, 0.05) is 5.56 Å². The highest BCUT2D eigenvalue weighted by Crippen LogP contribution is 2.28. The molecule has 0 radical (unpaired) electrons. The largest absolute Gasteiger partial charge is 0.466 e. The van der Waals surface area contributed by atoms with Crippen LogP contribution in [0, 0.1) is 5.92 Å². The quantitative estimate of drug-likeness (QED) is 0.684. The van der Waals surface area contributed by atoms with Crippen molar-refractivity contribution in [1.29, 1.82) is 0 Å². The van der Waals surface area contributed by atoms with Crippen LogP contribution in [0.5, 0.6) is 0 Å². The van der Waals surface area contributed by atoms with E-state index in [4.69, 9.17) is 4.74 Å². The zero-order valence-corrected chi connectivity index (χ0v) is 11.7. The number of hydrogen-bond donors (Lipinski definition) is 3. The van der Waals surface area contributed by atoms with Crippen LogP contribution in [0.15, 0.2) is 30.3 Å². The van der Waals surface area contributed by atoms with Crippen molar-refractivity contribution in [2.24, 2.45) is 5.92 Å². The van der Waals surface area contributed by atoms with Gasteiger partial charge in [-0.15, -0.1) is 0 Å². The molecule has 0 spiro atoms. The van der Waals surface area contributed by atoms with Gasteiger partial charge in [0.15, 0.2) is 0 Å². The van der Waals surface area contributed by atoms with E-state index < -0.39 is 36.0 Å². The van der Waals surface area contributed by atoms with E-state index in [1.54, 1.807) is 37.3 Å². The SMILES string of the molecule is CCOC(=O)[C@H]1C[C@@H](O)[C@@H](O)[C@@H]1NC(=O)c1ccccc1. The van der Waals surface area contributed by atoms with Gasteiger partial charge in [0.1, 0.15) is 6.10 Å². The lowest BCUT2D eigenvalue weighted by atomic mass is 10.0. The van der Waals surface area contributed by atoms with Crippen LogP contribution in [0.1, 0.15) is 23.7 Å². The number of esters is 1. The van der Waals surface area contributed by atoms with Crippen LogP contribution in [-0.2, 0) is 9.53 Å². The fourth-order valence-corrected chi connectivity index (χ4v) is 2.53. The Morgan fingerprint density at radius 3 is 2.57 bits per heavy atom. The molecule has 6 heteroatoms. The van der Waals surface area contributed by atoms with Crippen molar-refractivity contribution in [3.63, 3.8) is 0 Å². The molecular weight excluding hydrogens is 274 g/mol. The highest BCUT2D eigenvalue weighted by Gasteiger charge is 2.46. The van der Waals surface area contributed by atoms with E-state index in [0.29, 0.717) is 5.56 Å². The van der Waals surface area contributed by atoms with E-state index in [-0.39, 0.29) is 13.0 Å². The Balaban J connectivity index is 2.11. The third kappa shape index (κ3) is 3.40. The van der Waals surface area contributed by atoms with Gasteiger partial charge >= 0.3 is 5.97 Å². The molecule has 1 aromatic carbocycles. The molecule has 2 rings (SSSR count). The van der Waals surface area contributed by atoms with Gasteiger partial charge in [-0.2, -0.15) is 0 Å². The van der Waals surface area contributed by atoms with Gasteiger partial charge in [0.05, 0.1) is 24.7 Å². The van der Waals surface area contributed by atoms with Crippen molar-refractivity contribution in [3.8, 4) is 0 Å². The Kier molecular flexibility index (Phi) is 4.93. The van der Waals surface area contributed by atoms with Crippen LogP contribution in [0.25, 0.3) is 0 Å². The maximum atomic E-state index is 12.1. The lowest BCUT2D eigenvalue weighted by Gasteiger charge is -2.22. The predicted octanol–water partition coefficient (Wildman–Crippen LogP) is 0.0898. The summed E-state index contributed by atoms with van der Waals surface area (Å²) in [6.45, 7) is 1.89. The molecule has 0 aliphatic heterocycles. The van der Waals surface area contributed by atoms with Crippen LogP contribution in [0.4, 0.5) is 0 Å². The topological polar surface area (TPSA) is 95.9 Å². The number of hydrogen-bond acceptors (Lipinski definition) is 5. The van der Waals surface area contributed by atoms with Gasteiger partial charge in [-0.05, 0) is 25.5 Å². The molecule has 0 heterocycles. The Bertz CT molecular complexity index is 504. The second kappa shape index (κ2) is 6.69. The average molecular weight is 293 g/mol. The third-order valence-electron chi connectivity index (χ3n) is 3.61. The Labute approximate surface area is 122 Å². The van der Waals surface area contributed by atoms with Crippen LogP contribution in [0.3, 0.4) is 0 Å². The van der Waals surface area contributed by atoms with Gasteiger partial charge in [-0.25, -0.2) is 0 Å². The first-order valence-electron chi connectivity index (χ1n) is 6.93. The van der Waals surface area contributed by atoms with Crippen LogP contribution < -0.4 is 5.32 Å². The predicted molar refractivity (Wildman–Crippen MR) is 74.4 cm³/mol. The maximum Gasteiger partial charge on any atom is 0.311 e. The number of ether oxygens (including phenoxy) is 1. The van der Waals surface area contributed by atoms with E-state index >= 15 is 0 Å². The van der Waals surface area contributed by atoms with Crippen molar-refractivity contribution in [3.05, 3.63) is 35.9 Å². The highest BCUT2D eigenvalue weighted by atomic mass is 16.5. The molecule has 3 N–H and O–H groups in total. The number of aliphatic hydroxyl groups excluding tert-OH is 2. The molecule has 6 nitrogen and oxygen atoms in total.